The van der Waals surface area contributed by atoms with E-state index >= 15 is 0 Å². The number of carbonyl (C=O) groups is 2. The van der Waals surface area contributed by atoms with Crippen molar-refractivity contribution in [2.45, 2.75) is 11.4 Å². The summed E-state index contributed by atoms with van der Waals surface area (Å²) in [5.41, 5.74) is 0.271. The minimum Gasteiger partial charge on any atom is -0.468 e. The Morgan fingerprint density at radius 1 is 1.03 bits per heavy atom. The molecule has 1 N–H and O–H groups in total. The second-order valence-electron chi connectivity index (χ2n) is 6.05. The number of esters is 1. The van der Waals surface area contributed by atoms with Crippen LogP contribution >= 0.6 is 23.2 Å². The average molecular weight is 468 g/mol. The number of nitrogens with one attached hydrogen (secondary N) is 1. The first-order valence-corrected chi connectivity index (χ1v) is 10.8. The Hall–Kier alpha value is -2.65. The van der Waals surface area contributed by atoms with Crippen LogP contribution in [-0.4, -0.2) is 26.8 Å². The quantitative estimate of drug-likeness (QED) is 0.395. The number of carbonyl (C=O) groups excluding carboxylic acids is 2. The molecule has 30 heavy (non-hydrogen) atoms. The SMILES string of the molecule is O=C(OCC(=O)c1ccc(Cl)cc1Cl)c1ccc(S(=O)(=O)NCc2ccco2)cc1. The van der Waals surface area contributed by atoms with E-state index in [4.69, 9.17) is 32.4 Å². The number of halogens is 2. The molecule has 0 saturated heterocycles. The first kappa shape index (κ1) is 22.0. The average Bonchev–Trinajstić information content (AvgIpc) is 3.24. The molecule has 1 heterocycles. The van der Waals surface area contributed by atoms with Gasteiger partial charge in [0.15, 0.2) is 6.61 Å². The minimum absolute atomic E-state index is 0.00546. The lowest BCUT2D eigenvalue weighted by Gasteiger charge is -2.08. The standard InChI is InChI=1S/C20H15Cl2NO6S/c21-14-5-8-17(18(22)10-14)19(24)12-29-20(25)13-3-6-16(7-4-13)30(26,27)23-11-15-2-1-9-28-15/h1-10,23H,11-12H2. The molecule has 1 aromatic heterocycles. The zero-order valence-electron chi connectivity index (χ0n) is 15.3. The van der Waals surface area contributed by atoms with E-state index in [1.165, 1.54) is 48.7 Å². The van der Waals surface area contributed by atoms with Gasteiger partial charge in [0.25, 0.3) is 0 Å². The molecule has 2 aromatic carbocycles. The predicted octanol–water partition coefficient (Wildman–Crippen LogP) is 4.10. The van der Waals surface area contributed by atoms with Gasteiger partial charge in [0.05, 0.1) is 28.3 Å². The number of furan rings is 1. The van der Waals surface area contributed by atoms with Gasteiger partial charge in [0, 0.05) is 10.6 Å². The van der Waals surface area contributed by atoms with Crippen molar-refractivity contribution in [2.75, 3.05) is 6.61 Å². The lowest BCUT2D eigenvalue weighted by molar-refractivity contribution is 0.0474. The fraction of sp³-hybridized carbons (Fsp3) is 0.100. The molecule has 0 aliphatic rings. The highest BCUT2D eigenvalue weighted by Crippen LogP contribution is 2.21. The van der Waals surface area contributed by atoms with Crippen LogP contribution < -0.4 is 4.72 Å². The van der Waals surface area contributed by atoms with Crippen LogP contribution in [0.15, 0.2) is 70.2 Å². The lowest BCUT2D eigenvalue weighted by atomic mass is 10.1. The Morgan fingerprint density at radius 2 is 1.77 bits per heavy atom. The van der Waals surface area contributed by atoms with E-state index in [0.29, 0.717) is 10.8 Å². The van der Waals surface area contributed by atoms with E-state index in [-0.39, 0.29) is 27.6 Å². The van der Waals surface area contributed by atoms with E-state index in [1.54, 1.807) is 12.1 Å². The van der Waals surface area contributed by atoms with E-state index in [9.17, 15) is 18.0 Å². The highest BCUT2D eigenvalue weighted by Gasteiger charge is 2.17. The summed E-state index contributed by atoms with van der Waals surface area (Å²) in [6, 6.07) is 12.8. The van der Waals surface area contributed by atoms with Crippen molar-refractivity contribution in [1.29, 1.82) is 0 Å². The van der Waals surface area contributed by atoms with Crippen LogP contribution in [0, 0.1) is 0 Å². The van der Waals surface area contributed by atoms with Crippen LogP contribution in [0.4, 0.5) is 0 Å². The van der Waals surface area contributed by atoms with Gasteiger partial charge in [-0.1, -0.05) is 23.2 Å². The molecule has 0 atom stereocenters. The van der Waals surface area contributed by atoms with E-state index in [2.05, 4.69) is 4.72 Å². The Balaban J connectivity index is 1.59. The van der Waals surface area contributed by atoms with Gasteiger partial charge in [0.1, 0.15) is 5.76 Å². The van der Waals surface area contributed by atoms with Crippen molar-refractivity contribution >= 4 is 45.0 Å². The fourth-order valence-electron chi connectivity index (χ4n) is 2.44. The molecular formula is C20H15Cl2NO6S. The molecule has 156 valence electrons. The van der Waals surface area contributed by atoms with Crippen molar-refractivity contribution in [3.63, 3.8) is 0 Å². The number of hydrogen-bond acceptors (Lipinski definition) is 6. The van der Waals surface area contributed by atoms with Gasteiger partial charge in [-0.05, 0) is 54.6 Å². The van der Waals surface area contributed by atoms with Gasteiger partial charge < -0.3 is 9.15 Å². The van der Waals surface area contributed by atoms with Gasteiger partial charge in [-0.2, -0.15) is 0 Å². The van der Waals surface area contributed by atoms with E-state index in [0.717, 1.165) is 0 Å². The van der Waals surface area contributed by atoms with Crippen LogP contribution in [0.5, 0.6) is 0 Å². The maximum atomic E-state index is 12.3. The normalized spacial score (nSPS) is 11.3. The van der Waals surface area contributed by atoms with Crippen molar-refractivity contribution in [2.24, 2.45) is 0 Å². The Labute approximate surface area is 182 Å². The summed E-state index contributed by atoms with van der Waals surface area (Å²) in [6.45, 7) is -0.528. The molecule has 3 rings (SSSR count). The van der Waals surface area contributed by atoms with Crippen molar-refractivity contribution in [3.05, 3.63) is 87.8 Å². The molecule has 0 saturated carbocycles. The topological polar surface area (TPSA) is 103 Å². The van der Waals surface area contributed by atoms with Crippen molar-refractivity contribution in [3.8, 4) is 0 Å². The summed E-state index contributed by atoms with van der Waals surface area (Å²) in [4.78, 5) is 24.3. The third-order valence-corrected chi connectivity index (χ3v) is 5.95. The molecule has 0 fully saturated rings. The molecule has 0 aliphatic carbocycles. The van der Waals surface area contributed by atoms with E-state index in [1.807, 2.05) is 0 Å². The zero-order valence-corrected chi connectivity index (χ0v) is 17.6. The molecule has 3 aromatic rings. The second kappa shape index (κ2) is 9.44. The van der Waals surface area contributed by atoms with E-state index < -0.39 is 28.4 Å². The molecule has 0 aliphatic heterocycles. The predicted molar refractivity (Wildman–Crippen MR) is 110 cm³/mol. The van der Waals surface area contributed by atoms with Gasteiger partial charge in [-0.15, -0.1) is 0 Å². The number of sulfonamides is 1. The molecule has 10 heteroatoms. The van der Waals surface area contributed by atoms with Crippen LogP contribution in [-0.2, 0) is 21.3 Å². The monoisotopic (exact) mass is 467 g/mol. The fourth-order valence-corrected chi connectivity index (χ4v) is 3.95. The number of rotatable bonds is 8. The molecular weight excluding hydrogens is 453 g/mol. The zero-order chi connectivity index (χ0) is 21.7. The number of benzene rings is 2. The van der Waals surface area contributed by atoms with Gasteiger partial charge in [-0.3, -0.25) is 4.79 Å². The third kappa shape index (κ3) is 5.48. The summed E-state index contributed by atoms with van der Waals surface area (Å²) < 4.78 is 37.1. The molecule has 0 bridgehead atoms. The Bertz CT molecular complexity index is 1160. The van der Waals surface area contributed by atoms with Crippen molar-refractivity contribution < 1.29 is 27.2 Å². The van der Waals surface area contributed by atoms with Crippen LogP contribution in [0.1, 0.15) is 26.5 Å². The minimum atomic E-state index is -3.79. The Morgan fingerprint density at radius 3 is 2.40 bits per heavy atom. The molecule has 7 nitrogen and oxygen atoms in total. The first-order valence-electron chi connectivity index (χ1n) is 8.54. The van der Waals surface area contributed by atoms with Crippen molar-refractivity contribution in [1.82, 2.24) is 4.72 Å². The van der Waals surface area contributed by atoms with Crippen LogP contribution in [0.25, 0.3) is 0 Å². The summed E-state index contributed by atoms with van der Waals surface area (Å²) in [7, 11) is -3.79. The van der Waals surface area contributed by atoms with Gasteiger partial charge in [-0.25, -0.2) is 17.9 Å². The number of ketones is 1. The van der Waals surface area contributed by atoms with Crippen LogP contribution in [0.2, 0.25) is 10.0 Å². The molecule has 0 unspecified atom stereocenters. The number of ether oxygens (including phenoxy) is 1. The summed E-state index contributed by atoms with van der Waals surface area (Å²) in [5, 5.41) is 0.530. The third-order valence-electron chi connectivity index (χ3n) is 3.98. The Kier molecular flexibility index (Phi) is 6.94. The lowest BCUT2D eigenvalue weighted by Crippen LogP contribution is -2.23. The second-order valence-corrected chi connectivity index (χ2v) is 8.66. The molecule has 0 radical (unpaired) electrons. The largest absolute Gasteiger partial charge is 0.468 e. The summed E-state index contributed by atoms with van der Waals surface area (Å²) in [5.74, 6) is -0.809. The summed E-state index contributed by atoms with van der Waals surface area (Å²) in [6.07, 6.45) is 1.44. The maximum Gasteiger partial charge on any atom is 0.338 e. The maximum absolute atomic E-state index is 12.3. The number of Topliss-reactive ketones (excluding diaryl/α,β-unsaturated/α-hetero) is 1. The van der Waals surface area contributed by atoms with Gasteiger partial charge >= 0.3 is 5.97 Å². The molecule has 0 amide bonds. The van der Waals surface area contributed by atoms with Crippen LogP contribution in [0.3, 0.4) is 0 Å². The molecule has 0 spiro atoms. The first-order chi connectivity index (χ1) is 14.3. The summed E-state index contributed by atoms with van der Waals surface area (Å²) >= 11 is 11.7. The smallest absolute Gasteiger partial charge is 0.338 e. The van der Waals surface area contributed by atoms with Gasteiger partial charge in [0.2, 0.25) is 15.8 Å². The highest BCUT2D eigenvalue weighted by molar-refractivity contribution is 7.89. The number of hydrogen-bond donors (Lipinski definition) is 1. The highest BCUT2D eigenvalue weighted by atomic mass is 35.5.